The van der Waals surface area contributed by atoms with E-state index in [2.05, 4.69) is 50.4 Å². The van der Waals surface area contributed by atoms with E-state index in [4.69, 9.17) is 4.74 Å². The molecule has 2 N–H and O–H groups in total. The van der Waals surface area contributed by atoms with Gasteiger partial charge in [0.25, 0.3) is 0 Å². The van der Waals surface area contributed by atoms with Crippen molar-refractivity contribution in [1.29, 1.82) is 0 Å². The summed E-state index contributed by atoms with van der Waals surface area (Å²) in [7, 11) is 0. The van der Waals surface area contributed by atoms with Crippen LogP contribution in [0.15, 0.2) is 24.3 Å². The summed E-state index contributed by atoms with van der Waals surface area (Å²) in [4.78, 5) is 12.2. The number of hydrogen-bond donors (Lipinski definition) is 2. The van der Waals surface area contributed by atoms with Crippen LogP contribution in [0.25, 0.3) is 0 Å². The first-order valence-corrected chi connectivity index (χ1v) is 7.95. The summed E-state index contributed by atoms with van der Waals surface area (Å²) in [5.41, 5.74) is 1.32. The summed E-state index contributed by atoms with van der Waals surface area (Å²) in [6, 6.07) is 8.29. The maximum absolute atomic E-state index is 12.2. The normalized spacial score (nSPS) is 18.0. The topological polar surface area (TPSA) is 58.6 Å². The molecule has 0 aliphatic carbocycles. The highest BCUT2D eigenvalue weighted by atomic mass is 16.5. The molecule has 4 heteroatoms. The number of carbonyl (C=O) groups is 1. The van der Waals surface area contributed by atoms with Crippen LogP contribution in [0, 0.1) is 6.92 Å². The van der Waals surface area contributed by atoms with Crippen LogP contribution in [0.4, 0.5) is 0 Å². The number of benzene rings is 1. The zero-order chi connectivity index (χ0) is 16.2. The van der Waals surface area contributed by atoms with Gasteiger partial charge in [0.1, 0.15) is 0 Å². The molecule has 22 heavy (non-hydrogen) atoms. The lowest BCUT2D eigenvalue weighted by Crippen LogP contribution is -2.47. The standard InChI is InChI=1S/C18H27NO3/c1-14-4-6-15(7-5-14)17(2,3)12-16(20)19-13-18(21)8-10-22-11-9-18/h4-7,21H,8-13H2,1-3H3,(H,19,20). The molecule has 0 atom stereocenters. The lowest BCUT2D eigenvalue weighted by atomic mass is 9.81. The monoisotopic (exact) mass is 305 g/mol. The molecular weight excluding hydrogens is 278 g/mol. The second kappa shape index (κ2) is 6.80. The second-order valence-electron chi connectivity index (χ2n) is 7.04. The summed E-state index contributed by atoms with van der Waals surface area (Å²) in [5, 5.41) is 13.3. The van der Waals surface area contributed by atoms with E-state index < -0.39 is 5.60 Å². The predicted molar refractivity (Wildman–Crippen MR) is 86.8 cm³/mol. The maximum atomic E-state index is 12.2. The molecule has 1 fully saturated rings. The molecule has 0 bridgehead atoms. The van der Waals surface area contributed by atoms with Crippen molar-refractivity contribution in [3.63, 3.8) is 0 Å². The third-order valence-electron chi connectivity index (χ3n) is 4.47. The molecule has 1 aliphatic heterocycles. The molecule has 0 aromatic heterocycles. The van der Waals surface area contributed by atoms with Gasteiger partial charge in [-0.25, -0.2) is 0 Å². The van der Waals surface area contributed by atoms with Gasteiger partial charge in [-0.1, -0.05) is 43.7 Å². The van der Waals surface area contributed by atoms with Crippen LogP contribution >= 0.6 is 0 Å². The molecule has 0 saturated carbocycles. The minimum absolute atomic E-state index is 0.0227. The number of hydrogen-bond acceptors (Lipinski definition) is 3. The average molecular weight is 305 g/mol. The Labute approximate surface area is 132 Å². The zero-order valence-corrected chi connectivity index (χ0v) is 13.8. The van der Waals surface area contributed by atoms with Gasteiger partial charge >= 0.3 is 0 Å². The number of rotatable bonds is 5. The molecule has 1 saturated heterocycles. The average Bonchev–Trinajstić information content (AvgIpc) is 2.46. The molecule has 1 aromatic rings. The van der Waals surface area contributed by atoms with E-state index in [1.165, 1.54) is 5.56 Å². The molecule has 2 rings (SSSR count). The van der Waals surface area contributed by atoms with Gasteiger partial charge in [0, 0.05) is 39.0 Å². The highest BCUT2D eigenvalue weighted by molar-refractivity contribution is 5.77. The number of carbonyl (C=O) groups excluding carboxylic acids is 1. The lowest BCUT2D eigenvalue weighted by Gasteiger charge is -2.32. The van der Waals surface area contributed by atoms with E-state index in [1.807, 2.05) is 0 Å². The lowest BCUT2D eigenvalue weighted by molar-refractivity contribution is -0.125. The van der Waals surface area contributed by atoms with E-state index >= 15 is 0 Å². The highest BCUT2D eigenvalue weighted by Crippen LogP contribution is 2.27. The van der Waals surface area contributed by atoms with Gasteiger partial charge in [-0.05, 0) is 17.9 Å². The van der Waals surface area contributed by atoms with Crippen molar-refractivity contribution in [3.05, 3.63) is 35.4 Å². The summed E-state index contributed by atoms with van der Waals surface area (Å²) >= 11 is 0. The molecule has 0 spiro atoms. The molecule has 1 heterocycles. The van der Waals surface area contributed by atoms with Crippen LogP contribution in [-0.4, -0.2) is 36.4 Å². The second-order valence-corrected chi connectivity index (χ2v) is 7.04. The minimum Gasteiger partial charge on any atom is -0.388 e. The molecule has 0 radical (unpaired) electrons. The van der Waals surface area contributed by atoms with Gasteiger partial charge < -0.3 is 15.2 Å². The van der Waals surface area contributed by atoms with Crippen LogP contribution in [0.1, 0.15) is 44.2 Å². The fraction of sp³-hybridized carbons (Fsp3) is 0.611. The van der Waals surface area contributed by atoms with E-state index in [1.54, 1.807) is 0 Å². The van der Waals surface area contributed by atoms with Crippen molar-refractivity contribution in [2.75, 3.05) is 19.8 Å². The van der Waals surface area contributed by atoms with Crippen LogP contribution in [-0.2, 0) is 14.9 Å². The van der Waals surface area contributed by atoms with E-state index in [0.29, 0.717) is 39.0 Å². The van der Waals surface area contributed by atoms with Crippen molar-refractivity contribution in [2.45, 2.75) is 51.0 Å². The molecule has 1 aliphatic rings. The summed E-state index contributed by atoms with van der Waals surface area (Å²) in [6.07, 6.45) is 1.56. The van der Waals surface area contributed by atoms with E-state index in [0.717, 1.165) is 5.56 Å². The van der Waals surface area contributed by atoms with E-state index in [9.17, 15) is 9.90 Å². The number of amides is 1. The van der Waals surface area contributed by atoms with Crippen LogP contribution in [0.5, 0.6) is 0 Å². The Hall–Kier alpha value is -1.39. The van der Waals surface area contributed by atoms with Gasteiger partial charge in [-0.15, -0.1) is 0 Å². The highest BCUT2D eigenvalue weighted by Gasteiger charge is 2.31. The third-order valence-corrected chi connectivity index (χ3v) is 4.47. The van der Waals surface area contributed by atoms with Crippen molar-refractivity contribution < 1.29 is 14.6 Å². The Morgan fingerprint density at radius 2 is 1.86 bits per heavy atom. The van der Waals surface area contributed by atoms with E-state index in [-0.39, 0.29) is 11.3 Å². The van der Waals surface area contributed by atoms with Crippen molar-refractivity contribution in [1.82, 2.24) is 5.32 Å². The van der Waals surface area contributed by atoms with Crippen LogP contribution in [0.3, 0.4) is 0 Å². The van der Waals surface area contributed by atoms with Crippen LogP contribution < -0.4 is 5.32 Å². The third kappa shape index (κ3) is 4.55. The SMILES string of the molecule is Cc1ccc(C(C)(C)CC(=O)NCC2(O)CCOCC2)cc1. The fourth-order valence-corrected chi connectivity index (χ4v) is 2.76. The largest absolute Gasteiger partial charge is 0.388 e. The van der Waals surface area contributed by atoms with Crippen molar-refractivity contribution in [2.24, 2.45) is 0 Å². The number of aryl methyl sites for hydroxylation is 1. The maximum Gasteiger partial charge on any atom is 0.220 e. The predicted octanol–water partition coefficient (Wildman–Crippen LogP) is 2.32. The molecule has 122 valence electrons. The summed E-state index contributed by atoms with van der Waals surface area (Å²) in [5.74, 6) is -0.0227. The van der Waals surface area contributed by atoms with Gasteiger partial charge in [-0.3, -0.25) is 4.79 Å². The fourth-order valence-electron chi connectivity index (χ4n) is 2.76. The zero-order valence-electron chi connectivity index (χ0n) is 13.8. The quantitative estimate of drug-likeness (QED) is 0.878. The van der Waals surface area contributed by atoms with Gasteiger partial charge in [-0.2, -0.15) is 0 Å². The first kappa shape index (κ1) is 17.0. The van der Waals surface area contributed by atoms with Crippen molar-refractivity contribution in [3.8, 4) is 0 Å². The summed E-state index contributed by atoms with van der Waals surface area (Å²) in [6.45, 7) is 7.61. The number of ether oxygens (including phenoxy) is 1. The smallest absolute Gasteiger partial charge is 0.220 e. The first-order chi connectivity index (χ1) is 10.3. The summed E-state index contributed by atoms with van der Waals surface area (Å²) < 4.78 is 5.25. The Morgan fingerprint density at radius 3 is 2.45 bits per heavy atom. The molecular formula is C18H27NO3. The van der Waals surface area contributed by atoms with Gasteiger partial charge in [0.15, 0.2) is 0 Å². The van der Waals surface area contributed by atoms with Crippen molar-refractivity contribution >= 4 is 5.91 Å². The molecule has 4 nitrogen and oxygen atoms in total. The van der Waals surface area contributed by atoms with Gasteiger partial charge in [0.05, 0.1) is 5.60 Å². The molecule has 1 aromatic carbocycles. The Kier molecular flexibility index (Phi) is 5.24. The van der Waals surface area contributed by atoms with Gasteiger partial charge in [0.2, 0.25) is 5.91 Å². The Balaban J connectivity index is 1.89. The van der Waals surface area contributed by atoms with Crippen LogP contribution in [0.2, 0.25) is 0 Å². The number of nitrogens with one attached hydrogen (secondary N) is 1. The molecule has 0 unspecified atom stereocenters. The molecule has 1 amide bonds. The Morgan fingerprint density at radius 1 is 1.27 bits per heavy atom. The Bertz CT molecular complexity index is 502. The first-order valence-electron chi connectivity index (χ1n) is 7.95. The minimum atomic E-state index is -0.818. The number of aliphatic hydroxyl groups is 1.